The Kier molecular flexibility index (Phi) is 2.59. The summed E-state index contributed by atoms with van der Waals surface area (Å²) in [4.78, 5) is 10.5. The monoisotopic (exact) mass is 275 g/mol. The van der Waals surface area contributed by atoms with E-state index >= 15 is 0 Å². The third kappa shape index (κ3) is 1.82. The molecule has 0 saturated heterocycles. The molecule has 2 aromatic rings. The van der Waals surface area contributed by atoms with Gasteiger partial charge in [-0.3, -0.25) is 0 Å². The van der Waals surface area contributed by atoms with Crippen molar-refractivity contribution in [2.24, 2.45) is 0 Å². The molecule has 3 nitrogen and oxygen atoms in total. The molecule has 14 heavy (non-hydrogen) atoms. The van der Waals surface area contributed by atoms with Crippen LogP contribution in [0.1, 0.15) is 5.56 Å². The molecule has 72 valence electrons. The number of carboxylic acid groups (broad SMARTS) is 1. The SMILES string of the molecule is O=C(O)Cc1cc2[se]ncc2cc1Cl. The fourth-order valence-electron chi connectivity index (χ4n) is 1.23. The van der Waals surface area contributed by atoms with Crippen molar-refractivity contribution in [2.45, 2.75) is 6.42 Å². The summed E-state index contributed by atoms with van der Waals surface area (Å²) < 4.78 is 5.25. The van der Waals surface area contributed by atoms with Gasteiger partial charge in [-0.05, 0) is 0 Å². The van der Waals surface area contributed by atoms with E-state index in [4.69, 9.17) is 16.7 Å². The van der Waals surface area contributed by atoms with E-state index in [2.05, 4.69) is 3.98 Å². The van der Waals surface area contributed by atoms with Crippen molar-refractivity contribution in [3.8, 4) is 0 Å². The summed E-state index contributed by atoms with van der Waals surface area (Å²) in [5, 5.41) is 10.2. The number of fused-ring (bicyclic) bond motifs is 1. The molecule has 0 amide bonds. The van der Waals surface area contributed by atoms with E-state index in [1.807, 2.05) is 6.07 Å². The van der Waals surface area contributed by atoms with E-state index in [0.29, 0.717) is 10.6 Å². The van der Waals surface area contributed by atoms with Gasteiger partial charge in [0.1, 0.15) is 0 Å². The summed E-state index contributed by atoms with van der Waals surface area (Å²) in [6.07, 6.45) is 1.76. The van der Waals surface area contributed by atoms with Gasteiger partial charge in [0.15, 0.2) is 0 Å². The Morgan fingerprint density at radius 2 is 2.36 bits per heavy atom. The Hall–Kier alpha value is -0.831. The Bertz CT molecular complexity index is 495. The first-order valence-corrected chi connectivity index (χ1v) is 5.91. The Balaban J connectivity index is 2.53. The van der Waals surface area contributed by atoms with E-state index < -0.39 is 5.97 Å². The fourth-order valence-corrected chi connectivity index (χ4v) is 2.92. The molecule has 0 aliphatic rings. The molecule has 0 bridgehead atoms. The number of carboxylic acids is 1. The zero-order valence-corrected chi connectivity index (χ0v) is 9.50. The first-order valence-electron chi connectivity index (χ1n) is 3.91. The number of carbonyl (C=O) groups is 1. The van der Waals surface area contributed by atoms with Crippen LogP contribution in [0.25, 0.3) is 9.65 Å². The van der Waals surface area contributed by atoms with Crippen LogP contribution >= 0.6 is 11.6 Å². The molecule has 1 aromatic carbocycles. The quantitative estimate of drug-likeness (QED) is 0.846. The summed E-state index contributed by atoms with van der Waals surface area (Å²) in [5.41, 5.74) is 0.672. The molecule has 0 saturated carbocycles. The van der Waals surface area contributed by atoms with Crippen LogP contribution in [0.4, 0.5) is 0 Å². The van der Waals surface area contributed by atoms with Crippen molar-refractivity contribution < 1.29 is 9.90 Å². The van der Waals surface area contributed by atoms with Crippen molar-refractivity contribution in [1.82, 2.24) is 3.98 Å². The minimum absolute atomic E-state index is 0.0256. The fraction of sp³-hybridized carbons (Fsp3) is 0.111. The predicted molar refractivity (Wildman–Crippen MR) is 55.0 cm³/mol. The van der Waals surface area contributed by atoms with Crippen LogP contribution in [0.5, 0.6) is 0 Å². The third-order valence-corrected chi connectivity index (χ3v) is 3.81. The maximum absolute atomic E-state index is 10.5. The molecule has 0 radical (unpaired) electrons. The zero-order chi connectivity index (χ0) is 10.1. The number of benzene rings is 1. The number of halogens is 1. The summed E-state index contributed by atoms with van der Waals surface area (Å²) in [6, 6.07) is 3.63. The summed E-state index contributed by atoms with van der Waals surface area (Å²) in [7, 11) is 0. The van der Waals surface area contributed by atoms with Gasteiger partial charge in [-0.15, -0.1) is 0 Å². The Morgan fingerprint density at radius 3 is 3.07 bits per heavy atom. The molecule has 0 aliphatic heterocycles. The molecule has 0 spiro atoms. The van der Waals surface area contributed by atoms with Gasteiger partial charge in [0.05, 0.1) is 0 Å². The van der Waals surface area contributed by atoms with E-state index in [1.54, 1.807) is 12.3 Å². The average Bonchev–Trinajstić information content (AvgIpc) is 2.51. The molecule has 5 heteroatoms. The summed E-state index contributed by atoms with van der Waals surface area (Å²) in [6.45, 7) is 0. The summed E-state index contributed by atoms with van der Waals surface area (Å²) >= 11 is 6.02. The van der Waals surface area contributed by atoms with Crippen LogP contribution < -0.4 is 0 Å². The topological polar surface area (TPSA) is 50.2 Å². The molecule has 1 N–H and O–H groups in total. The second-order valence-corrected chi connectivity index (χ2v) is 5.03. The molecule has 0 unspecified atom stereocenters. The van der Waals surface area contributed by atoms with Gasteiger partial charge in [0.2, 0.25) is 0 Å². The maximum atomic E-state index is 10.5. The van der Waals surface area contributed by atoms with Gasteiger partial charge >= 0.3 is 91.2 Å². The van der Waals surface area contributed by atoms with Crippen molar-refractivity contribution in [3.05, 3.63) is 28.9 Å². The predicted octanol–water partition coefficient (Wildman–Crippen LogP) is 1.57. The second-order valence-electron chi connectivity index (χ2n) is 2.88. The van der Waals surface area contributed by atoms with E-state index in [1.165, 1.54) is 0 Å². The average molecular weight is 275 g/mol. The van der Waals surface area contributed by atoms with E-state index in [0.717, 1.165) is 9.65 Å². The second kappa shape index (κ2) is 3.73. The van der Waals surface area contributed by atoms with Crippen molar-refractivity contribution >= 4 is 41.9 Å². The molecule has 0 aliphatic carbocycles. The Labute approximate surface area is 91.3 Å². The molecule has 1 aromatic heterocycles. The van der Waals surface area contributed by atoms with Gasteiger partial charge in [0, 0.05) is 0 Å². The third-order valence-electron chi connectivity index (χ3n) is 1.86. The van der Waals surface area contributed by atoms with Crippen LogP contribution in [0.2, 0.25) is 5.02 Å². The number of hydrogen-bond acceptors (Lipinski definition) is 2. The minimum atomic E-state index is -0.863. The number of hydrogen-bond donors (Lipinski definition) is 1. The van der Waals surface area contributed by atoms with Gasteiger partial charge in [0.25, 0.3) is 0 Å². The van der Waals surface area contributed by atoms with Crippen molar-refractivity contribution in [1.29, 1.82) is 0 Å². The standard InChI is InChI=1S/C9H6ClNO2Se/c10-7-1-6-4-11-14-8(6)2-5(7)3-9(12)13/h1-2,4H,3H2,(H,12,13). The van der Waals surface area contributed by atoms with E-state index in [9.17, 15) is 4.79 Å². The normalized spacial score (nSPS) is 10.6. The summed E-state index contributed by atoms with van der Waals surface area (Å²) in [5.74, 6) is -0.863. The molecular weight excluding hydrogens is 269 g/mol. The van der Waals surface area contributed by atoms with Gasteiger partial charge in [-0.2, -0.15) is 0 Å². The van der Waals surface area contributed by atoms with Crippen LogP contribution in [0, 0.1) is 0 Å². The number of nitrogens with zero attached hydrogens (tertiary/aromatic N) is 1. The van der Waals surface area contributed by atoms with Gasteiger partial charge < -0.3 is 0 Å². The van der Waals surface area contributed by atoms with E-state index in [-0.39, 0.29) is 21.2 Å². The van der Waals surface area contributed by atoms with Crippen molar-refractivity contribution in [2.75, 3.05) is 0 Å². The Morgan fingerprint density at radius 1 is 1.57 bits per heavy atom. The molecule has 0 atom stereocenters. The number of aromatic nitrogens is 1. The van der Waals surface area contributed by atoms with Crippen LogP contribution in [0.15, 0.2) is 18.3 Å². The van der Waals surface area contributed by atoms with Crippen LogP contribution in [-0.4, -0.2) is 29.8 Å². The first-order chi connectivity index (χ1) is 6.66. The molecule has 1 heterocycles. The van der Waals surface area contributed by atoms with Crippen LogP contribution in [0.3, 0.4) is 0 Å². The van der Waals surface area contributed by atoms with Crippen molar-refractivity contribution in [3.63, 3.8) is 0 Å². The molecular formula is C9H6ClNO2Se. The number of aliphatic carboxylic acids is 1. The first kappa shape index (κ1) is 9.71. The molecule has 2 rings (SSSR count). The zero-order valence-electron chi connectivity index (χ0n) is 7.03. The van der Waals surface area contributed by atoms with Gasteiger partial charge in [-0.1, -0.05) is 0 Å². The van der Waals surface area contributed by atoms with Gasteiger partial charge in [-0.25, -0.2) is 0 Å². The molecule has 0 fully saturated rings. The van der Waals surface area contributed by atoms with Crippen LogP contribution in [-0.2, 0) is 11.2 Å². The number of rotatable bonds is 2.